The number of ketones is 1. The molecular weight excluding hydrogens is 304 g/mol. The molecule has 0 aliphatic carbocycles. The van der Waals surface area contributed by atoms with E-state index in [1.54, 1.807) is 19.2 Å². The van der Waals surface area contributed by atoms with Crippen molar-refractivity contribution in [1.29, 1.82) is 0 Å². The van der Waals surface area contributed by atoms with Gasteiger partial charge in [-0.25, -0.2) is 0 Å². The van der Waals surface area contributed by atoms with Gasteiger partial charge in [0.25, 0.3) is 0 Å². The van der Waals surface area contributed by atoms with Crippen LogP contribution in [0.1, 0.15) is 21.5 Å². The maximum Gasteiger partial charge on any atom is 0.237 e. The van der Waals surface area contributed by atoms with Gasteiger partial charge in [0.15, 0.2) is 5.78 Å². The molecule has 24 heavy (non-hydrogen) atoms. The van der Waals surface area contributed by atoms with Gasteiger partial charge in [-0.1, -0.05) is 42.0 Å². The van der Waals surface area contributed by atoms with Crippen molar-refractivity contribution in [2.24, 2.45) is 5.73 Å². The van der Waals surface area contributed by atoms with Gasteiger partial charge in [-0.15, -0.1) is 0 Å². The Bertz CT molecular complexity index is 694. The molecule has 0 radical (unpaired) electrons. The van der Waals surface area contributed by atoms with Gasteiger partial charge in [0.2, 0.25) is 5.91 Å². The molecule has 1 atom stereocenters. The highest BCUT2D eigenvalue weighted by Gasteiger charge is 2.15. The van der Waals surface area contributed by atoms with E-state index >= 15 is 0 Å². The lowest BCUT2D eigenvalue weighted by atomic mass is 10.1. The van der Waals surface area contributed by atoms with Gasteiger partial charge >= 0.3 is 0 Å². The number of methoxy groups -OCH3 is 1. The minimum absolute atomic E-state index is 0.0573. The van der Waals surface area contributed by atoms with Crippen molar-refractivity contribution in [2.75, 3.05) is 13.7 Å². The zero-order valence-corrected chi connectivity index (χ0v) is 13.9. The van der Waals surface area contributed by atoms with Crippen molar-refractivity contribution in [1.82, 2.24) is 5.32 Å². The summed E-state index contributed by atoms with van der Waals surface area (Å²) in [4.78, 5) is 24.1. The van der Waals surface area contributed by atoms with Crippen molar-refractivity contribution < 1.29 is 14.3 Å². The number of hydrogen-bond acceptors (Lipinski definition) is 4. The quantitative estimate of drug-likeness (QED) is 0.761. The van der Waals surface area contributed by atoms with Crippen molar-refractivity contribution in [3.8, 4) is 5.75 Å². The van der Waals surface area contributed by atoms with Crippen molar-refractivity contribution in [3.05, 3.63) is 65.2 Å². The predicted octanol–water partition coefficient (Wildman–Crippen LogP) is 1.87. The lowest BCUT2D eigenvalue weighted by Crippen LogP contribution is -2.43. The molecule has 0 saturated heterocycles. The molecule has 0 heterocycles. The molecule has 0 aromatic heterocycles. The monoisotopic (exact) mass is 326 g/mol. The van der Waals surface area contributed by atoms with Crippen LogP contribution in [0.15, 0.2) is 48.5 Å². The number of aryl methyl sites for hydroxylation is 1. The van der Waals surface area contributed by atoms with Crippen LogP contribution >= 0.6 is 0 Å². The summed E-state index contributed by atoms with van der Waals surface area (Å²) < 4.78 is 5.09. The van der Waals surface area contributed by atoms with Gasteiger partial charge in [-0.2, -0.15) is 0 Å². The molecule has 0 bridgehead atoms. The standard InChI is InChI=1S/C19H22N2O3/c1-13-3-7-15(8-4-13)18(22)12-21-19(23)17(20)11-14-5-9-16(24-2)10-6-14/h3-10,17H,11-12,20H2,1-2H3,(H,21,23)/t17-/m0/s1. The van der Waals surface area contributed by atoms with Crippen molar-refractivity contribution >= 4 is 11.7 Å². The van der Waals surface area contributed by atoms with Crippen LogP contribution in [0.4, 0.5) is 0 Å². The minimum Gasteiger partial charge on any atom is -0.497 e. The molecule has 5 nitrogen and oxygen atoms in total. The Balaban J connectivity index is 1.84. The Morgan fingerprint density at radius 3 is 2.29 bits per heavy atom. The molecule has 0 spiro atoms. The summed E-state index contributed by atoms with van der Waals surface area (Å²) in [6.07, 6.45) is 0.397. The normalized spacial score (nSPS) is 11.6. The Morgan fingerprint density at radius 1 is 1.08 bits per heavy atom. The smallest absolute Gasteiger partial charge is 0.237 e. The molecule has 0 fully saturated rings. The van der Waals surface area contributed by atoms with E-state index in [0.717, 1.165) is 16.9 Å². The van der Waals surface area contributed by atoms with E-state index < -0.39 is 6.04 Å². The number of Topliss-reactive ketones (excluding diaryl/α,β-unsaturated/α-hetero) is 1. The van der Waals surface area contributed by atoms with Crippen LogP contribution in [-0.4, -0.2) is 31.4 Å². The van der Waals surface area contributed by atoms with E-state index in [9.17, 15) is 9.59 Å². The zero-order chi connectivity index (χ0) is 17.5. The van der Waals surface area contributed by atoms with Crippen LogP contribution in [0.25, 0.3) is 0 Å². The average Bonchev–Trinajstić information content (AvgIpc) is 2.60. The molecule has 2 aromatic rings. The molecule has 0 saturated carbocycles. The van der Waals surface area contributed by atoms with Crippen LogP contribution in [0.5, 0.6) is 5.75 Å². The van der Waals surface area contributed by atoms with E-state index in [1.165, 1.54) is 0 Å². The fourth-order valence-corrected chi connectivity index (χ4v) is 2.25. The molecule has 0 unspecified atom stereocenters. The van der Waals surface area contributed by atoms with Crippen LogP contribution < -0.4 is 15.8 Å². The zero-order valence-electron chi connectivity index (χ0n) is 13.9. The minimum atomic E-state index is -0.704. The number of hydrogen-bond donors (Lipinski definition) is 2. The van der Waals surface area contributed by atoms with E-state index in [2.05, 4.69) is 5.32 Å². The first-order chi connectivity index (χ1) is 11.5. The highest BCUT2D eigenvalue weighted by atomic mass is 16.5. The van der Waals surface area contributed by atoms with Crippen LogP contribution in [0, 0.1) is 6.92 Å². The molecule has 0 aliphatic rings. The van der Waals surface area contributed by atoms with Gasteiger partial charge in [0.1, 0.15) is 5.75 Å². The first-order valence-electron chi connectivity index (χ1n) is 7.75. The second-order valence-corrected chi connectivity index (χ2v) is 5.67. The topological polar surface area (TPSA) is 81.4 Å². The van der Waals surface area contributed by atoms with Gasteiger partial charge in [-0.3, -0.25) is 9.59 Å². The Kier molecular flexibility index (Phi) is 6.09. The third-order valence-electron chi connectivity index (χ3n) is 3.75. The lowest BCUT2D eigenvalue weighted by molar-refractivity contribution is -0.122. The second-order valence-electron chi connectivity index (χ2n) is 5.67. The van der Waals surface area contributed by atoms with Gasteiger partial charge in [0, 0.05) is 5.56 Å². The summed E-state index contributed by atoms with van der Waals surface area (Å²) in [5.41, 5.74) is 8.50. The first kappa shape index (κ1) is 17.7. The second kappa shape index (κ2) is 8.26. The maximum atomic E-state index is 12.0. The average molecular weight is 326 g/mol. The predicted molar refractivity (Wildman–Crippen MR) is 93.2 cm³/mol. The van der Waals surface area contributed by atoms with E-state index in [4.69, 9.17) is 10.5 Å². The summed E-state index contributed by atoms with van der Waals surface area (Å²) >= 11 is 0. The SMILES string of the molecule is COc1ccc(C[C@H](N)C(=O)NCC(=O)c2ccc(C)cc2)cc1. The van der Waals surface area contributed by atoms with Crippen LogP contribution in [-0.2, 0) is 11.2 Å². The third-order valence-corrected chi connectivity index (χ3v) is 3.75. The summed E-state index contributed by atoms with van der Waals surface area (Å²) in [6, 6.07) is 13.9. The number of nitrogens with one attached hydrogen (secondary N) is 1. The third kappa shape index (κ3) is 4.93. The number of rotatable bonds is 7. The molecule has 0 aliphatic heterocycles. The van der Waals surface area contributed by atoms with E-state index in [1.807, 2.05) is 43.3 Å². The summed E-state index contributed by atoms with van der Waals surface area (Å²) in [7, 11) is 1.60. The van der Waals surface area contributed by atoms with Crippen molar-refractivity contribution in [2.45, 2.75) is 19.4 Å². The molecule has 2 rings (SSSR count). The molecule has 3 N–H and O–H groups in total. The fourth-order valence-electron chi connectivity index (χ4n) is 2.25. The fraction of sp³-hybridized carbons (Fsp3) is 0.263. The molecule has 2 aromatic carbocycles. The number of ether oxygens (including phenoxy) is 1. The Hall–Kier alpha value is -2.66. The Labute approximate surface area is 141 Å². The lowest BCUT2D eigenvalue weighted by Gasteiger charge is -2.12. The first-order valence-corrected chi connectivity index (χ1v) is 7.75. The highest BCUT2D eigenvalue weighted by Crippen LogP contribution is 2.12. The summed E-state index contributed by atoms with van der Waals surface area (Å²) in [5, 5.41) is 2.60. The number of carbonyl (C=O) groups excluding carboxylic acids is 2. The van der Waals surface area contributed by atoms with Crippen molar-refractivity contribution in [3.63, 3.8) is 0 Å². The van der Waals surface area contributed by atoms with E-state index in [-0.39, 0.29) is 18.2 Å². The van der Waals surface area contributed by atoms with Crippen LogP contribution in [0.3, 0.4) is 0 Å². The molecule has 126 valence electrons. The molecule has 5 heteroatoms. The number of carbonyl (C=O) groups is 2. The largest absolute Gasteiger partial charge is 0.497 e. The summed E-state index contributed by atoms with van der Waals surface area (Å²) in [6.45, 7) is 1.90. The highest BCUT2D eigenvalue weighted by molar-refractivity contribution is 5.99. The molecular formula is C19H22N2O3. The number of amides is 1. The van der Waals surface area contributed by atoms with Crippen LogP contribution in [0.2, 0.25) is 0 Å². The number of benzene rings is 2. The Morgan fingerprint density at radius 2 is 1.71 bits per heavy atom. The molecule has 1 amide bonds. The van der Waals surface area contributed by atoms with Gasteiger partial charge in [-0.05, 0) is 31.0 Å². The summed E-state index contributed by atoms with van der Waals surface area (Å²) in [5.74, 6) is 0.270. The van der Waals surface area contributed by atoms with E-state index in [0.29, 0.717) is 12.0 Å². The van der Waals surface area contributed by atoms with Gasteiger partial charge in [0.05, 0.1) is 19.7 Å². The number of nitrogens with two attached hydrogens (primary N) is 1. The maximum absolute atomic E-state index is 12.0. The van der Waals surface area contributed by atoms with Gasteiger partial charge < -0.3 is 15.8 Å².